The van der Waals surface area contributed by atoms with E-state index < -0.39 is 0 Å². The minimum atomic E-state index is -0.180. The second-order valence-corrected chi connectivity index (χ2v) is 7.31. The van der Waals surface area contributed by atoms with Crippen LogP contribution in [0.1, 0.15) is 51.3 Å². The Hall–Kier alpha value is -1.70. The van der Waals surface area contributed by atoms with Gasteiger partial charge in [-0.25, -0.2) is 0 Å². The molecule has 2 rings (SSSR count). The van der Waals surface area contributed by atoms with E-state index in [1.165, 1.54) is 11.1 Å². The number of benzene rings is 2. The van der Waals surface area contributed by atoms with Crippen molar-refractivity contribution in [1.29, 1.82) is 0 Å². The molecule has 2 heteroatoms. The standard InChI is InChI=1S/C19H24BN/c1-18(2,3)13-10-14(12-15(20)11-13)19(4,5)16-8-6-7-9-17(16)21/h6-12H,21H2,1-5H3. The van der Waals surface area contributed by atoms with Gasteiger partial charge in [0.25, 0.3) is 0 Å². The SMILES string of the molecule is [B]c1cc(C(C)(C)C)cc(C(C)(C)c2ccccc2N)c1. The van der Waals surface area contributed by atoms with E-state index >= 15 is 0 Å². The highest BCUT2D eigenvalue weighted by Gasteiger charge is 2.27. The Labute approximate surface area is 130 Å². The van der Waals surface area contributed by atoms with Crippen molar-refractivity contribution in [2.24, 2.45) is 0 Å². The summed E-state index contributed by atoms with van der Waals surface area (Å²) < 4.78 is 0. The van der Waals surface area contributed by atoms with Gasteiger partial charge in [0, 0.05) is 11.1 Å². The molecule has 2 radical (unpaired) electrons. The van der Waals surface area contributed by atoms with Crippen LogP contribution < -0.4 is 11.2 Å². The third kappa shape index (κ3) is 3.15. The fourth-order valence-corrected chi connectivity index (χ4v) is 2.67. The summed E-state index contributed by atoms with van der Waals surface area (Å²) in [5.74, 6) is 0. The number of rotatable bonds is 2. The molecule has 21 heavy (non-hydrogen) atoms. The van der Waals surface area contributed by atoms with Gasteiger partial charge in [0.2, 0.25) is 0 Å². The quantitative estimate of drug-likeness (QED) is 0.657. The zero-order chi connectivity index (χ0) is 15.8. The maximum Gasteiger partial charge on any atom is 0.113 e. The monoisotopic (exact) mass is 277 g/mol. The lowest BCUT2D eigenvalue weighted by molar-refractivity contribution is 0.583. The van der Waals surface area contributed by atoms with E-state index in [-0.39, 0.29) is 10.8 Å². The third-order valence-corrected chi connectivity index (χ3v) is 4.18. The zero-order valence-electron chi connectivity index (χ0n) is 13.7. The first-order valence-electron chi connectivity index (χ1n) is 7.39. The van der Waals surface area contributed by atoms with Gasteiger partial charge in [0.05, 0.1) is 0 Å². The van der Waals surface area contributed by atoms with E-state index in [9.17, 15) is 0 Å². The first-order chi connectivity index (χ1) is 9.62. The Balaban J connectivity index is 2.60. The largest absolute Gasteiger partial charge is 0.398 e. The van der Waals surface area contributed by atoms with Crippen molar-refractivity contribution in [2.75, 3.05) is 5.73 Å². The second-order valence-electron chi connectivity index (χ2n) is 7.31. The van der Waals surface area contributed by atoms with Gasteiger partial charge in [-0.05, 0) is 28.2 Å². The highest BCUT2D eigenvalue weighted by molar-refractivity contribution is 6.32. The van der Waals surface area contributed by atoms with Crippen molar-refractivity contribution < 1.29 is 0 Å². The fourth-order valence-electron chi connectivity index (χ4n) is 2.67. The molecule has 0 heterocycles. The molecule has 0 aromatic heterocycles. The zero-order valence-corrected chi connectivity index (χ0v) is 13.7. The molecule has 0 aliphatic rings. The molecule has 1 nitrogen and oxygen atoms in total. The van der Waals surface area contributed by atoms with Crippen LogP contribution in [0.3, 0.4) is 0 Å². The maximum absolute atomic E-state index is 6.17. The molecule has 0 saturated heterocycles. The summed E-state index contributed by atoms with van der Waals surface area (Å²) in [7, 11) is 6.14. The first kappa shape index (κ1) is 15.7. The number of nitrogens with two attached hydrogens (primary N) is 1. The molecule has 2 N–H and O–H groups in total. The topological polar surface area (TPSA) is 26.0 Å². The first-order valence-corrected chi connectivity index (χ1v) is 7.39. The van der Waals surface area contributed by atoms with Crippen molar-refractivity contribution in [1.82, 2.24) is 0 Å². The van der Waals surface area contributed by atoms with Crippen LogP contribution >= 0.6 is 0 Å². The predicted molar refractivity (Wildman–Crippen MR) is 93.5 cm³/mol. The van der Waals surface area contributed by atoms with E-state index in [0.717, 1.165) is 16.7 Å². The van der Waals surface area contributed by atoms with Crippen LogP contribution in [0, 0.1) is 0 Å². The molecule has 0 unspecified atom stereocenters. The number of nitrogen functional groups attached to an aromatic ring is 1. The number of para-hydroxylation sites is 1. The number of hydrogen-bond donors (Lipinski definition) is 1. The number of hydrogen-bond acceptors (Lipinski definition) is 1. The van der Waals surface area contributed by atoms with Gasteiger partial charge >= 0.3 is 0 Å². The van der Waals surface area contributed by atoms with Gasteiger partial charge in [-0.1, -0.05) is 76.5 Å². The molecule has 0 aliphatic carbocycles. The Morgan fingerprint density at radius 1 is 0.857 bits per heavy atom. The van der Waals surface area contributed by atoms with Gasteiger partial charge in [-0.3, -0.25) is 0 Å². The lowest BCUT2D eigenvalue weighted by Gasteiger charge is -2.30. The lowest BCUT2D eigenvalue weighted by Crippen LogP contribution is -2.25. The van der Waals surface area contributed by atoms with Crippen LogP contribution in [0.5, 0.6) is 0 Å². The van der Waals surface area contributed by atoms with Crippen LogP contribution in [0.2, 0.25) is 0 Å². The van der Waals surface area contributed by atoms with E-state index in [1.54, 1.807) is 0 Å². The lowest BCUT2D eigenvalue weighted by atomic mass is 9.73. The molecular weight excluding hydrogens is 253 g/mol. The van der Waals surface area contributed by atoms with Crippen LogP contribution in [-0.4, -0.2) is 7.85 Å². The fraction of sp³-hybridized carbons (Fsp3) is 0.368. The van der Waals surface area contributed by atoms with E-state index in [4.69, 9.17) is 13.6 Å². The molecule has 0 fully saturated rings. The molecule has 0 aliphatic heterocycles. The Bertz CT molecular complexity index is 651. The van der Waals surface area contributed by atoms with Crippen molar-refractivity contribution >= 4 is 19.0 Å². The molecule has 0 spiro atoms. The van der Waals surface area contributed by atoms with Crippen LogP contribution in [0.15, 0.2) is 42.5 Å². The van der Waals surface area contributed by atoms with E-state index in [1.807, 2.05) is 18.2 Å². The highest BCUT2D eigenvalue weighted by atomic mass is 14.6. The van der Waals surface area contributed by atoms with Gasteiger partial charge in [0.15, 0.2) is 0 Å². The summed E-state index contributed by atoms with van der Waals surface area (Å²) in [6.45, 7) is 11.0. The molecule has 0 amide bonds. The molecule has 0 bridgehead atoms. The number of anilines is 1. The predicted octanol–water partition coefficient (Wildman–Crippen LogP) is 3.69. The average molecular weight is 277 g/mol. The van der Waals surface area contributed by atoms with Crippen molar-refractivity contribution in [3.63, 3.8) is 0 Å². The van der Waals surface area contributed by atoms with Gasteiger partial charge in [-0.2, -0.15) is 0 Å². The minimum absolute atomic E-state index is 0.0719. The Morgan fingerprint density at radius 3 is 2.00 bits per heavy atom. The van der Waals surface area contributed by atoms with E-state index in [0.29, 0.717) is 0 Å². The summed E-state index contributed by atoms with van der Waals surface area (Å²) in [5.41, 5.74) is 11.3. The minimum Gasteiger partial charge on any atom is -0.398 e. The normalized spacial score (nSPS) is 12.4. The second kappa shape index (κ2) is 5.25. The smallest absolute Gasteiger partial charge is 0.113 e. The van der Waals surface area contributed by atoms with Gasteiger partial charge in [-0.15, -0.1) is 0 Å². The van der Waals surface area contributed by atoms with Crippen molar-refractivity contribution in [2.45, 2.75) is 45.4 Å². The summed E-state index contributed by atoms with van der Waals surface area (Å²) >= 11 is 0. The molecular formula is C19H24BN. The van der Waals surface area contributed by atoms with E-state index in [2.05, 4.69) is 58.9 Å². The Kier molecular flexibility index (Phi) is 3.92. The molecule has 108 valence electrons. The van der Waals surface area contributed by atoms with Crippen LogP contribution in [-0.2, 0) is 10.8 Å². The van der Waals surface area contributed by atoms with Gasteiger partial charge < -0.3 is 5.73 Å². The van der Waals surface area contributed by atoms with Crippen LogP contribution in [0.4, 0.5) is 5.69 Å². The molecule has 2 aromatic carbocycles. The highest BCUT2D eigenvalue weighted by Crippen LogP contribution is 2.36. The Morgan fingerprint density at radius 2 is 1.43 bits per heavy atom. The van der Waals surface area contributed by atoms with Gasteiger partial charge in [0.1, 0.15) is 7.85 Å². The summed E-state index contributed by atoms with van der Waals surface area (Å²) in [6.07, 6.45) is 0. The third-order valence-electron chi connectivity index (χ3n) is 4.18. The summed E-state index contributed by atoms with van der Waals surface area (Å²) in [5, 5.41) is 0. The molecule has 0 saturated carbocycles. The summed E-state index contributed by atoms with van der Waals surface area (Å²) in [4.78, 5) is 0. The maximum atomic E-state index is 6.17. The van der Waals surface area contributed by atoms with Crippen LogP contribution in [0.25, 0.3) is 0 Å². The molecule has 2 aromatic rings. The summed E-state index contributed by atoms with van der Waals surface area (Å²) in [6, 6.07) is 14.4. The van der Waals surface area contributed by atoms with Crippen molar-refractivity contribution in [3.05, 3.63) is 59.2 Å². The van der Waals surface area contributed by atoms with Crippen molar-refractivity contribution in [3.8, 4) is 0 Å². The molecule has 0 atom stereocenters. The average Bonchev–Trinajstić information content (AvgIpc) is 2.37.